The first-order valence-electron chi connectivity index (χ1n) is 5.71. The molecule has 0 bridgehead atoms. The molecule has 0 aliphatic rings. The minimum Gasteiger partial charge on any atom is -0.393 e. The fraction of sp³-hybridized carbons (Fsp3) is 0.308. The highest BCUT2D eigenvalue weighted by Gasteiger charge is 2.15. The summed E-state index contributed by atoms with van der Waals surface area (Å²) in [4.78, 5) is 12.1. The molecule has 2 rings (SSSR count). The maximum Gasteiger partial charge on any atom is 0.294 e. The van der Waals surface area contributed by atoms with E-state index in [1.807, 2.05) is 49.7 Å². The topological polar surface area (TPSA) is 52.9 Å². The lowest BCUT2D eigenvalue weighted by Crippen LogP contribution is -2.22. The Bertz CT molecular complexity index is 608. The van der Waals surface area contributed by atoms with E-state index in [0.717, 1.165) is 16.9 Å². The Morgan fingerprint density at radius 3 is 2.47 bits per heavy atom. The average molecular weight is 231 g/mol. The van der Waals surface area contributed by atoms with Crippen molar-refractivity contribution in [3.05, 3.63) is 45.9 Å². The fourth-order valence-electron chi connectivity index (χ4n) is 2.09. The lowest BCUT2D eigenvalue weighted by Gasteiger charge is -2.13. The lowest BCUT2D eigenvalue weighted by molar-refractivity contribution is 0.558. The number of nitrogens with two attached hydrogens (primary N) is 1. The third-order valence-corrected chi connectivity index (χ3v) is 3.08. The highest BCUT2D eigenvalue weighted by molar-refractivity contribution is 5.47. The van der Waals surface area contributed by atoms with Crippen molar-refractivity contribution < 1.29 is 0 Å². The van der Waals surface area contributed by atoms with Crippen molar-refractivity contribution in [3.63, 3.8) is 0 Å². The number of aromatic nitrogens is 2. The van der Waals surface area contributed by atoms with Crippen LogP contribution in [-0.4, -0.2) is 9.36 Å². The smallest absolute Gasteiger partial charge is 0.294 e. The van der Waals surface area contributed by atoms with Gasteiger partial charge in [0.25, 0.3) is 5.56 Å². The van der Waals surface area contributed by atoms with Gasteiger partial charge in [0.05, 0.1) is 11.4 Å². The molecule has 4 nitrogen and oxygen atoms in total. The van der Waals surface area contributed by atoms with Gasteiger partial charge in [-0.15, -0.1) is 0 Å². The summed E-state index contributed by atoms with van der Waals surface area (Å²) >= 11 is 0. The van der Waals surface area contributed by atoms with Gasteiger partial charge >= 0.3 is 0 Å². The van der Waals surface area contributed by atoms with Gasteiger partial charge in [0.1, 0.15) is 5.69 Å². The van der Waals surface area contributed by atoms with Crippen molar-refractivity contribution in [2.24, 2.45) is 0 Å². The number of para-hydroxylation sites is 1. The van der Waals surface area contributed by atoms with Gasteiger partial charge in [-0.05, 0) is 32.4 Å². The first-order valence-corrected chi connectivity index (χ1v) is 5.71. The first-order chi connectivity index (χ1) is 8.07. The van der Waals surface area contributed by atoms with Gasteiger partial charge in [-0.1, -0.05) is 18.2 Å². The molecule has 0 saturated carbocycles. The van der Waals surface area contributed by atoms with E-state index >= 15 is 0 Å². The summed E-state index contributed by atoms with van der Waals surface area (Å²) in [6.07, 6.45) is 0. The van der Waals surface area contributed by atoms with E-state index in [0.29, 0.717) is 12.2 Å². The second-order valence-electron chi connectivity index (χ2n) is 4.12. The zero-order chi connectivity index (χ0) is 12.6. The van der Waals surface area contributed by atoms with Crippen LogP contribution in [0.4, 0.5) is 5.69 Å². The minimum absolute atomic E-state index is 0.140. The van der Waals surface area contributed by atoms with Crippen LogP contribution >= 0.6 is 0 Å². The third-order valence-electron chi connectivity index (χ3n) is 3.08. The number of benzene rings is 1. The molecule has 90 valence electrons. The summed E-state index contributed by atoms with van der Waals surface area (Å²) in [6, 6.07) is 7.80. The molecule has 0 amide bonds. The number of nitrogen functional groups attached to an aromatic ring is 1. The Labute approximate surface area is 100 Å². The molecule has 0 aliphatic carbocycles. The van der Waals surface area contributed by atoms with Crippen LogP contribution in [0.3, 0.4) is 0 Å². The third kappa shape index (κ3) is 1.65. The zero-order valence-electron chi connectivity index (χ0n) is 10.4. The summed E-state index contributed by atoms with van der Waals surface area (Å²) in [5.74, 6) is 0. The highest BCUT2D eigenvalue weighted by Crippen LogP contribution is 2.15. The Hall–Kier alpha value is -1.97. The van der Waals surface area contributed by atoms with Crippen LogP contribution in [0, 0.1) is 13.8 Å². The van der Waals surface area contributed by atoms with Crippen molar-refractivity contribution in [3.8, 4) is 5.69 Å². The Morgan fingerprint density at radius 1 is 1.24 bits per heavy atom. The van der Waals surface area contributed by atoms with Crippen LogP contribution in [0.25, 0.3) is 5.69 Å². The zero-order valence-corrected chi connectivity index (χ0v) is 10.4. The van der Waals surface area contributed by atoms with Gasteiger partial charge in [-0.2, -0.15) is 0 Å². The SMILES string of the molecule is CCn1c(C)c(N)c(=O)n1-c1ccccc1C. The van der Waals surface area contributed by atoms with Crippen LogP contribution in [-0.2, 0) is 6.54 Å². The predicted octanol–water partition coefficient (Wildman–Crippen LogP) is 1.86. The highest BCUT2D eigenvalue weighted by atomic mass is 16.1. The van der Waals surface area contributed by atoms with Crippen LogP contribution in [0.2, 0.25) is 0 Å². The van der Waals surface area contributed by atoms with Gasteiger partial charge in [-0.3, -0.25) is 9.48 Å². The molecule has 0 unspecified atom stereocenters. The van der Waals surface area contributed by atoms with Gasteiger partial charge in [0.2, 0.25) is 0 Å². The summed E-state index contributed by atoms with van der Waals surface area (Å²) in [7, 11) is 0. The van der Waals surface area contributed by atoms with Crippen LogP contribution in [0.5, 0.6) is 0 Å². The summed E-state index contributed by atoms with van der Waals surface area (Å²) < 4.78 is 3.56. The van der Waals surface area contributed by atoms with E-state index < -0.39 is 0 Å². The van der Waals surface area contributed by atoms with Gasteiger partial charge in [-0.25, -0.2) is 4.68 Å². The molecule has 2 aromatic rings. The molecule has 0 aliphatic heterocycles. The van der Waals surface area contributed by atoms with Crippen LogP contribution in [0.15, 0.2) is 29.1 Å². The molecule has 0 spiro atoms. The second-order valence-corrected chi connectivity index (χ2v) is 4.12. The number of aryl methyl sites for hydroxylation is 1. The molecule has 0 radical (unpaired) electrons. The Morgan fingerprint density at radius 2 is 1.88 bits per heavy atom. The van der Waals surface area contributed by atoms with Crippen molar-refractivity contribution in [2.75, 3.05) is 5.73 Å². The number of anilines is 1. The normalized spacial score (nSPS) is 10.8. The maximum absolute atomic E-state index is 12.1. The van der Waals surface area contributed by atoms with Gasteiger partial charge in [0.15, 0.2) is 0 Å². The van der Waals surface area contributed by atoms with Crippen molar-refractivity contribution in [1.82, 2.24) is 9.36 Å². The van der Waals surface area contributed by atoms with Gasteiger partial charge < -0.3 is 5.73 Å². The molecule has 4 heteroatoms. The average Bonchev–Trinajstić information content (AvgIpc) is 2.54. The van der Waals surface area contributed by atoms with Crippen molar-refractivity contribution in [1.29, 1.82) is 0 Å². The lowest BCUT2D eigenvalue weighted by atomic mass is 10.2. The number of hydrogen-bond donors (Lipinski definition) is 1. The first kappa shape index (κ1) is 11.5. The van der Waals surface area contributed by atoms with E-state index in [2.05, 4.69) is 0 Å². The van der Waals surface area contributed by atoms with E-state index in [1.165, 1.54) is 0 Å². The maximum atomic E-state index is 12.1. The molecule has 1 aromatic heterocycles. The summed E-state index contributed by atoms with van der Waals surface area (Å²) in [6.45, 7) is 6.57. The molecule has 0 saturated heterocycles. The minimum atomic E-state index is -0.140. The van der Waals surface area contributed by atoms with E-state index in [4.69, 9.17) is 5.73 Å². The molecule has 1 aromatic carbocycles. The summed E-state index contributed by atoms with van der Waals surface area (Å²) in [5, 5.41) is 0. The second kappa shape index (κ2) is 4.13. The van der Waals surface area contributed by atoms with E-state index in [-0.39, 0.29) is 5.56 Å². The fourth-order valence-corrected chi connectivity index (χ4v) is 2.09. The molecule has 17 heavy (non-hydrogen) atoms. The molecule has 1 heterocycles. The molecular formula is C13H17N3O. The number of hydrogen-bond acceptors (Lipinski definition) is 2. The van der Waals surface area contributed by atoms with Crippen molar-refractivity contribution >= 4 is 5.69 Å². The van der Waals surface area contributed by atoms with Gasteiger partial charge in [0, 0.05) is 6.54 Å². The van der Waals surface area contributed by atoms with Crippen molar-refractivity contribution in [2.45, 2.75) is 27.3 Å². The Balaban J connectivity index is 2.81. The molecule has 0 fully saturated rings. The quantitative estimate of drug-likeness (QED) is 0.857. The summed E-state index contributed by atoms with van der Waals surface area (Å²) in [5.41, 5.74) is 8.77. The van der Waals surface area contributed by atoms with E-state index in [9.17, 15) is 4.79 Å². The van der Waals surface area contributed by atoms with Crippen LogP contribution < -0.4 is 11.3 Å². The molecular weight excluding hydrogens is 214 g/mol. The molecule has 0 atom stereocenters. The predicted molar refractivity (Wildman–Crippen MR) is 69.6 cm³/mol. The standard InChI is InChI=1S/C13H17N3O/c1-4-15-10(3)12(14)13(17)16(15)11-8-6-5-7-9(11)2/h5-8H,4,14H2,1-3H3. The largest absolute Gasteiger partial charge is 0.393 e. The number of nitrogens with zero attached hydrogens (tertiary/aromatic N) is 2. The van der Waals surface area contributed by atoms with E-state index in [1.54, 1.807) is 4.68 Å². The number of rotatable bonds is 2. The Kier molecular flexibility index (Phi) is 2.79. The molecule has 2 N–H and O–H groups in total. The monoisotopic (exact) mass is 231 g/mol. The van der Waals surface area contributed by atoms with Crippen LogP contribution in [0.1, 0.15) is 18.2 Å².